The lowest BCUT2D eigenvalue weighted by Gasteiger charge is -2.42. The second kappa shape index (κ2) is 26.8. The van der Waals surface area contributed by atoms with Crippen molar-refractivity contribution in [2.75, 3.05) is 45.5 Å². The highest BCUT2D eigenvalue weighted by atomic mass is 35.5. The Bertz CT molecular complexity index is 2350. The third-order valence-electron chi connectivity index (χ3n) is 16.3. The smallest absolute Gasteiger partial charge is 0.409 e. The van der Waals surface area contributed by atoms with Crippen LogP contribution in [0.4, 0.5) is 10.5 Å². The molecular formula is C56H82ClN5O13S. The molecule has 6 amide bonds. The molecule has 76 heavy (non-hydrogen) atoms. The van der Waals surface area contributed by atoms with E-state index in [1.807, 2.05) is 13.0 Å². The number of aliphatic hydroxyl groups is 1. The molecule has 10 atom stereocenters. The van der Waals surface area contributed by atoms with E-state index < -0.39 is 76.8 Å². The number of hydrogen-bond acceptors (Lipinski definition) is 14. The van der Waals surface area contributed by atoms with Crippen LogP contribution in [-0.4, -0.2) is 150 Å². The average molecular weight is 1100 g/mol. The zero-order chi connectivity index (χ0) is 55.6. The number of thioether (sulfide) groups is 1. The molecule has 2 unspecified atom stereocenters. The van der Waals surface area contributed by atoms with Crippen LogP contribution in [0, 0.1) is 17.8 Å². The van der Waals surface area contributed by atoms with Gasteiger partial charge in [0.05, 0.1) is 30.6 Å². The van der Waals surface area contributed by atoms with Crippen LogP contribution in [0.1, 0.15) is 137 Å². The average Bonchev–Trinajstić information content (AvgIpc) is 4.08. The first-order valence-electron chi connectivity index (χ1n) is 27.2. The summed E-state index contributed by atoms with van der Waals surface area (Å²) in [7, 11) is 5.93. The van der Waals surface area contributed by atoms with Crippen LogP contribution in [-0.2, 0) is 54.1 Å². The van der Waals surface area contributed by atoms with Crippen molar-refractivity contribution >= 4 is 70.6 Å². The quantitative estimate of drug-likeness (QED) is 0.0531. The topological polar surface area (TPSA) is 223 Å². The summed E-state index contributed by atoms with van der Waals surface area (Å²) in [6.45, 7) is 11.5. The number of halogens is 1. The minimum atomic E-state index is -1.87. The molecule has 1 aromatic carbocycles. The molecule has 1 aliphatic carbocycles. The number of nitrogens with one attached hydrogen (secondary N) is 2. The fourth-order valence-corrected chi connectivity index (χ4v) is 12.5. The van der Waals surface area contributed by atoms with Crippen LogP contribution < -0.4 is 20.3 Å². The molecule has 3 N–H and O–H groups in total. The maximum atomic E-state index is 14.4. The molecule has 0 radical (unpaired) electrons. The van der Waals surface area contributed by atoms with Crippen molar-refractivity contribution in [3.8, 4) is 5.75 Å². The summed E-state index contributed by atoms with van der Waals surface area (Å²) in [5, 5.41) is 17.2. The number of methoxy groups -OCH3 is 2. The third-order valence-corrected chi connectivity index (χ3v) is 17.9. The minimum absolute atomic E-state index is 0.0345. The van der Waals surface area contributed by atoms with Crippen LogP contribution in [0.5, 0.6) is 5.75 Å². The van der Waals surface area contributed by atoms with Gasteiger partial charge in [-0.3, -0.25) is 34.2 Å². The standard InChI is InChI=1S/C56H82ClN5O13S/c1-11-13-14-15-18-39(12-2)58-51(66)38-22-20-36(21-23-38)32-62-48(65)29-43(52(62)67)76-25-24-46(63)60(7)35(5)53(68)74-45-30-47(64)61(8)40-27-37(28-41(71-9)49(40)57)26-33(3)17-16-19-44(72-10)56(70)31-42(73-54(69)59-56)34(4)50-55(45,6)75-50/h16-17,19,27-28,34-36,38-39,42-45,50,70H,11-15,18,20-26,29-32H2,1-10H3,(H,58,66)(H,59,69)/b19-16+,33-17+/t34-,35+,36?,38?,39?,42+,43?,44-,45+,50+,55+,56+/m1/s1. The molecule has 3 saturated heterocycles. The number of benzene rings is 1. The molecule has 4 bridgehead atoms. The second-order valence-electron chi connectivity index (χ2n) is 21.7. The number of likely N-dealkylation sites (tertiary alicyclic amines) is 1. The normalized spacial score (nSPS) is 31.0. The molecule has 0 spiro atoms. The summed E-state index contributed by atoms with van der Waals surface area (Å²) in [6, 6.07) is 2.62. The van der Waals surface area contributed by atoms with Crippen LogP contribution in [0.2, 0.25) is 5.02 Å². The minimum Gasteiger partial charge on any atom is -0.495 e. The summed E-state index contributed by atoms with van der Waals surface area (Å²) in [5.74, 6) is -2.06. The SMILES string of the molecule is CCCCCCC(CC)NC(=O)C1CCC(CN2C(=O)CC(SCCC(=O)N(C)[C@@H](C)C(=O)O[C@H]3CC(=O)N(C)c4cc(cc(OC)c4Cl)C/C(C)=C/C=C/[C@@H](OC)[C@@]4(O)C[C@H](OC(=O)N4)[C@@H](C)[C@@H]4O[C@@]34C)C2=O)CC1. The molecule has 5 aliphatic rings. The van der Waals surface area contributed by atoms with Gasteiger partial charge in [-0.1, -0.05) is 81.9 Å². The van der Waals surface area contributed by atoms with E-state index in [0.29, 0.717) is 24.4 Å². The number of nitrogens with zero attached hydrogens (tertiary/aromatic N) is 3. The monoisotopic (exact) mass is 1100 g/mol. The van der Waals surface area contributed by atoms with Crippen LogP contribution in [0.15, 0.2) is 35.9 Å². The number of carbonyl (C=O) groups is 7. The Hall–Kier alpha value is -4.69. The van der Waals surface area contributed by atoms with Crippen molar-refractivity contribution in [3.63, 3.8) is 0 Å². The van der Waals surface area contributed by atoms with Gasteiger partial charge in [0, 0.05) is 70.6 Å². The number of rotatable bonds is 19. The predicted molar refractivity (Wildman–Crippen MR) is 290 cm³/mol. The first kappa shape index (κ1) is 60.5. The maximum absolute atomic E-state index is 14.4. The molecule has 422 valence electrons. The van der Waals surface area contributed by atoms with E-state index in [0.717, 1.165) is 56.1 Å². The predicted octanol–water partition coefficient (Wildman–Crippen LogP) is 7.44. The number of unbranched alkanes of at least 4 members (excludes halogenated alkanes) is 3. The summed E-state index contributed by atoms with van der Waals surface area (Å²) < 4.78 is 29.5. The number of allylic oxidation sites excluding steroid dienone is 3. The zero-order valence-corrected chi connectivity index (χ0v) is 47.7. The van der Waals surface area contributed by atoms with Gasteiger partial charge in [-0.2, -0.15) is 0 Å². The zero-order valence-electron chi connectivity index (χ0n) is 46.2. The van der Waals surface area contributed by atoms with Gasteiger partial charge in [-0.25, -0.2) is 9.59 Å². The molecule has 4 aliphatic heterocycles. The van der Waals surface area contributed by atoms with E-state index in [4.69, 9.17) is 35.3 Å². The summed E-state index contributed by atoms with van der Waals surface area (Å²) in [6.07, 6.45) is 9.99. The Morgan fingerprint density at radius 3 is 2.45 bits per heavy atom. The Labute approximate surface area is 458 Å². The van der Waals surface area contributed by atoms with Crippen molar-refractivity contribution in [1.29, 1.82) is 0 Å². The molecule has 1 aromatic rings. The first-order chi connectivity index (χ1) is 36.1. The van der Waals surface area contributed by atoms with Gasteiger partial charge in [0.25, 0.3) is 0 Å². The van der Waals surface area contributed by atoms with Gasteiger partial charge >= 0.3 is 12.1 Å². The number of alkyl carbamates (subject to hydrolysis) is 1. The van der Waals surface area contributed by atoms with Crippen molar-refractivity contribution in [3.05, 3.63) is 46.5 Å². The summed E-state index contributed by atoms with van der Waals surface area (Å²) >= 11 is 8.07. The number of carbonyl (C=O) groups excluding carboxylic acids is 7. The number of amides is 6. The van der Waals surface area contributed by atoms with Gasteiger partial charge in [0.1, 0.15) is 40.7 Å². The van der Waals surface area contributed by atoms with E-state index >= 15 is 0 Å². The molecular weight excluding hydrogens is 1020 g/mol. The van der Waals surface area contributed by atoms with Crippen molar-refractivity contribution < 1.29 is 62.4 Å². The van der Waals surface area contributed by atoms with E-state index in [1.165, 1.54) is 73.9 Å². The molecule has 4 heterocycles. The van der Waals surface area contributed by atoms with Gasteiger partial charge in [0.15, 0.2) is 5.72 Å². The fraction of sp³-hybridized carbons (Fsp3) is 0.696. The number of fused-ring (bicyclic) bond motifs is 5. The Balaban J connectivity index is 1.08. The van der Waals surface area contributed by atoms with Crippen molar-refractivity contribution in [2.45, 2.75) is 191 Å². The van der Waals surface area contributed by atoms with E-state index in [1.54, 1.807) is 45.2 Å². The number of epoxide rings is 1. The van der Waals surface area contributed by atoms with E-state index in [-0.39, 0.29) is 72.1 Å². The highest BCUT2D eigenvalue weighted by Crippen LogP contribution is 2.49. The number of ether oxygens (including phenoxy) is 5. The Morgan fingerprint density at radius 1 is 1.05 bits per heavy atom. The van der Waals surface area contributed by atoms with Gasteiger partial charge in [-0.15, -0.1) is 11.8 Å². The number of imide groups is 1. The van der Waals surface area contributed by atoms with Crippen molar-refractivity contribution in [2.24, 2.45) is 17.8 Å². The fourth-order valence-electron chi connectivity index (χ4n) is 11.0. The number of hydrogen-bond donors (Lipinski definition) is 3. The van der Waals surface area contributed by atoms with Gasteiger partial charge < -0.3 is 43.9 Å². The number of anilines is 1. The lowest BCUT2D eigenvalue weighted by atomic mass is 9.81. The second-order valence-corrected chi connectivity index (χ2v) is 23.4. The first-order valence-corrected chi connectivity index (χ1v) is 28.6. The van der Waals surface area contributed by atoms with Gasteiger partial charge in [-0.05, 0) is 89.3 Å². The molecule has 0 aromatic heterocycles. The van der Waals surface area contributed by atoms with Crippen LogP contribution in [0.3, 0.4) is 0 Å². The summed E-state index contributed by atoms with van der Waals surface area (Å²) in [4.78, 5) is 99.1. The van der Waals surface area contributed by atoms with Crippen molar-refractivity contribution in [1.82, 2.24) is 20.4 Å². The molecule has 4 fully saturated rings. The largest absolute Gasteiger partial charge is 0.495 e. The van der Waals surface area contributed by atoms with Crippen LogP contribution in [0.25, 0.3) is 0 Å². The lowest BCUT2D eigenvalue weighted by molar-refractivity contribution is -0.162. The third kappa shape index (κ3) is 14.7. The number of esters is 1. The molecule has 18 nitrogen and oxygen atoms in total. The van der Waals surface area contributed by atoms with E-state index in [9.17, 15) is 38.7 Å². The number of likely N-dealkylation sites (N-methyl/N-ethyl adjacent to an activating group) is 1. The highest BCUT2D eigenvalue weighted by molar-refractivity contribution is 8.00. The molecule has 1 saturated carbocycles. The van der Waals surface area contributed by atoms with Crippen LogP contribution >= 0.6 is 23.4 Å². The Morgan fingerprint density at radius 2 is 1.78 bits per heavy atom. The van der Waals surface area contributed by atoms with E-state index in [2.05, 4.69) is 24.5 Å². The lowest BCUT2D eigenvalue weighted by Crippen LogP contribution is -2.63. The Kier molecular flexibility index (Phi) is 21.3. The highest BCUT2D eigenvalue weighted by Gasteiger charge is 2.64. The van der Waals surface area contributed by atoms with Gasteiger partial charge in [0.2, 0.25) is 29.5 Å². The maximum Gasteiger partial charge on any atom is 0.409 e. The molecule has 20 heteroatoms. The molecule has 6 rings (SSSR count). The summed E-state index contributed by atoms with van der Waals surface area (Å²) in [5.41, 5.74) is -1.14.